The van der Waals surface area contributed by atoms with Crippen LogP contribution in [-0.4, -0.2) is 35.1 Å². The van der Waals surface area contributed by atoms with Crippen molar-refractivity contribution in [1.82, 2.24) is 4.90 Å². The van der Waals surface area contributed by atoms with E-state index in [0.29, 0.717) is 5.92 Å². The third-order valence-corrected chi connectivity index (χ3v) is 3.67. The van der Waals surface area contributed by atoms with Crippen LogP contribution in [0.4, 0.5) is 5.69 Å². The molecule has 1 saturated heterocycles. The second-order valence-electron chi connectivity index (χ2n) is 5.40. The van der Waals surface area contributed by atoms with E-state index >= 15 is 0 Å². The highest BCUT2D eigenvalue weighted by atomic mass is 16.3. The summed E-state index contributed by atoms with van der Waals surface area (Å²) in [5.74, 6) is 0.353. The van der Waals surface area contributed by atoms with Gasteiger partial charge >= 0.3 is 0 Å². The van der Waals surface area contributed by atoms with Gasteiger partial charge in [0.25, 0.3) is 0 Å². The van der Waals surface area contributed by atoms with Crippen molar-refractivity contribution in [1.29, 1.82) is 0 Å². The van der Waals surface area contributed by atoms with Gasteiger partial charge < -0.3 is 10.4 Å². The number of rotatable bonds is 4. The number of nitrogens with one attached hydrogen (secondary N) is 1. The van der Waals surface area contributed by atoms with Gasteiger partial charge in [-0.2, -0.15) is 0 Å². The van der Waals surface area contributed by atoms with Crippen LogP contribution in [0.25, 0.3) is 0 Å². The first-order valence-corrected chi connectivity index (χ1v) is 6.81. The van der Waals surface area contributed by atoms with Crippen LogP contribution < -0.4 is 5.32 Å². The van der Waals surface area contributed by atoms with E-state index in [1.165, 1.54) is 12.5 Å². The van der Waals surface area contributed by atoms with Crippen LogP contribution in [0.15, 0.2) is 24.3 Å². The average Bonchev–Trinajstić information content (AvgIpc) is 2.80. The summed E-state index contributed by atoms with van der Waals surface area (Å²) in [5, 5.41) is 12.4. The first-order chi connectivity index (χ1) is 9.04. The van der Waals surface area contributed by atoms with Gasteiger partial charge in [0.15, 0.2) is 0 Å². The summed E-state index contributed by atoms with van der Waals surface area (Å²) in [6.45, 7) is 6.29. The Hall–Kier alpha value is -1.39. The first kappa shape index (κ1) is 14.0. The number of aliphatic hydroxyl groups is 1. The van der Waals surface area contributed by atoms with Crippen LogP contribution in [-0.2, 0) is 11.3 Å². The lowest BCUT2D eigenvalue weighted by molar-refractivity contribution is -0.114. The smallest absolute Gasteiger partial charge is 0.221 e. The number of nitrogens with zero attached hydrogens (tertiary/aromatic N) is 1. The maximum atomic E-state index is 10.9. The molecule has 0 aromatic heterocycles. The minimum atomic E-state index is -0.216. The second-order valence-corrected chi connectivity index (χ2v) is 5.40. The molecule has 104 valence electrons. The fourth-order valence-electron chi connectivity index (χ4n) is 2.55. The van der Waals surface area contributed by atoms with Crippen LogP contribution in [0.2, 0.25) is 0 Å². The number of carbonyl (C=O) groups is 1. The molecule has 1 aliphatic heterocycles. The predicted molar refractivity (Wildman–Crippen MR) is 75.8 cm³/mol. The van der Waals surface area contributed by atoms with Gasteiger partial charge in [-0.1, -0.05) is 12.1 Å². The van der Waals surface area contributed by atoms with E-state index < -0.39 is 0 Å². The lowest BCUT2D eigenvalue weighted by Crippen LogP contribution is -2.23. The van der Waals surface area contributed by atoms with Crippen molar-refractivity contribution < 1.29 is 9.90 Å². The summed E-state index contributed by atoms with van der Waals surface area (Å²) in [6, 6.07) is 7.94. The van der Waals surface area contributed by atoms with E-state index in [4.69, 9.17) is 0 Å². The van der Waals surface area contributed by atoms with Gasteiger partial charge in [0, 0.05) is 25.7 Å². The van der Waals surface area contributed by atoms with Gasteiger partial charge in [-0.05, 0) is 43.5 Å². The molecule has 4 heteroatoms. The second kappa shape index (κ2) is 6.17. The van der Waals surface area contributed by atoms with Gasteiger partial charge in [-0.15, -0.1) is 0 Å². The van der Waals surface area contributed by atoms with E-state index in [-0.39, 0.29) is 12.0 Å². The molecule has 0 aliphatic carbocycles. The summed E-state index contributed by atoms with van der Waals surface area (Å²) in [5.41, 5.74) is 2.07. The Labute approximate surface area is 114 Å². The molecule has 2 atom stereocenters. The number of anilines is 1. The third-order valence-electron chi connectivity index (χ3n) is 3.67. The van der Waals surface area contributed by atoms with E-state index in [9.17, 15) is 9.90 Å². The SMILES string of the molecule is CC(=O)Nc1ccc(CN2CCC(C(C)O)C2)cc1. The summed E-state index contributed by atoms with van der Waals surface area (Å²) in [7, 11) is 0. The topological polar surface area (TPSA) is 52.6 Å². The fourth-order valence-corrected chi connectivity index (χ4v) is 2.55. The minimum absolute atomic E-state index is 0.0490. The minimum Gasteiger partial charge on any atom is -0.393 e. The number of amides is 1. The van der Waals surface area contributed by atoms with Crippen molar-refractivity contribution in [2.75, 3.05) is 18.4 Å². The van der Waals surface area contributed by atoms with Gasteiger partial charge in [0.1, 0.15) is 0 Å². The molecule has 1 aromatic rings. The maximum Gasteiger partial charge on any atom is 0.221 e. The Balaban J connectivity index is 1.88. The lowest BCUT2D eigenvalue weighted by Gasteiger charge is -2.17. The van der Waals surface area contributed by atoms with Crippen molar-refractivity contribution in [2.24, 2.45) is 5.92 Å². The van der Waals surface area contributed by atoms with Crippen molar-refractivity contribution in [2.45, 2.75) is 32.9 Å². The largest absolute Gasteiger partial charge is 0.393 e. The molecule has 0 radical (unpaired) electrons. The monoisotopic (exact) mass is 262 g/mol. The molecule has 0 bridgehead atoms. The van der Waals surface area contributed by atoms with Gasteiger partial charge in [-0.25, -0.2) is 0 Å². The van der Waals surface area contributed by atoms with Crippen molar-refractivity contribution in [3.05, 3.63) is 29.8 Å². The number of benzene rings is 1. The van der Waals surface area contributed by atoms with Crippen LogP contribution in [0, 0.1) is 5.92 Å². The van der Waals surface area contributed by atoms with Crippen LogP contribution in [0.5, 0.6) is 0 Å². The maximum absolute atomic E-state index is 10.9. The van der Waals surface area contributed by atoms with E-state index in [2.05, 4.69) is 10.2 Å². The molecule has 2 N–H and O–H groups in total. The molecule has 4 nitrogen and oxygen atoms in total. The van der Waals surface area contributed by atoms with E-state index in [1.54, 1.807) is 0 Å². The number of hydrogen-bond donors (Lipinski definition) is 2. The Morgan fingerprint density at radius 2 is 2.16 bits per heavy atom. The Bertz CT molecular complexity index is 428. The normalized spacial score (nSPS) is 21.3. The lowest BCUT2D eigenvalue weighted by atomic mass is 10.0. The summed E-state index contributed by atoms with van der Waals surface area (Å²) < 4.78 is 0. The average molecular weight is 262 g/mol. The molecule has 2 unspecified atom stereocenters. The Morgan fingerprint density at radius 3 is 2.68 bits per heavy atom. The molecule has 0 spiro atoms. The highest BCUT2D eigenvalue weighted by molar-refractivity contribution is 5.88. The zero-order valence-electron chi connectivity index (χ0n) is 11.6. The van der Waals surface area contributed by atoms with Crippen LogP contribution in [0.3, 0.4) is 0 Å². The number of hydrogen-bond acceptors (Lipinski definition) is 3. The molecule has 1 heterocycles. The molecule has 1 fully saturated rings. The van der Waals surface area contributed by atoms with E-state index in [0.717, 1.165) is 31.7 Å². The van der Waals surface area contributed by atoms with Crippen molar-refractivity contribution in [3.8, 4) is 0 Å². The fraction of sp³-hybridized carbons (Fsp3) is 0.533. The number of carbonyl (C=O) groups excluding carboxylic acids is 1. The van der Waals surface area contributed by atoms with Gasteiger partial charge in [0.2, 0.25) is 5.91 Å². The quantitative estimate of drug-likeness (QED) is 0.870. The zero-order chi connectivity index (χ0) is 13.8. The van der Waals surface area contributed by atoms with Gasteiger partial charge in [-0.3, -0.25) is 9.69 Å². The summed E-state index contributed by atoms with van der Waals surface area (Å²) in [4.78, 5) is 13.3. The molecule has 19 heavy (non-hydrogen) atoms. The summed E-state index contributed by atoms with van der Waals surface area (Å²) >= 11 is 0. The highest BCUT2D eigenvalue weighted by Gasteiger charge is 2.25. The molecular formula is C15H22N2O2. The summed E-state index contributed by atoms with van der Waals surface area (Å²) in [6.07, 6.45) is 0.855. The number of aliphatic hydroxyl groups excluding tert-OH is 1. The van der Waals surface area contributed by atoms with Crippen molar-refractivity contribution >= 4 is 11.6 Å². The standard InChI is InChI=1S/C15H22N2O2/c1-11(18)14-7-8-17(10-14)9-13-3-5-15(6-4-13)16-12(2)19/h3-6,11,14,18H,7-10H2,1-2H3,(H,16,19). The molecule has 0 saturated carbocycles. The molecule has 2 rings (SSSR count). The number of likely N-dealkylation sites (tertiary alicyclic amines) is 1. The predicted octanol–water partition coefficient (Wildman–Crippen LogP) is 1.85. The van der Waals surface area contributed by atoms with Crippen LogP contribution >= 0.6 is 0 Å². The third kappa shape index (κ3) is 4.04. The zero-order valence-corrected chi connectivity index (χ0v) is 11.6. The molecule has 1 aliphatic rings. The molecule has 1 aromatic carbocycles. The van der Waals surface area contributed by atoms with Crippen molar-refractivity contribution in [3.63, 3.8) is 0 Å². The highest BCUT2D eigenvalue weighted by Crippen LogP contribution is 2.21. The van der Waals surface area contributed by atoms with Crippen LogP contribution in [0.1, 0.15) is 25.8 Å². The Morgan fingerprint density at radius 1 is 1.47 bits per heavy atom. The van der Waals surface area contributed by atoms with Gasteiger partial charge in [0.05, 0.1) is 6.10 Å². The molecule has 1 amide bonds. The first-order valence-electron chi connectivity index (χ1n) is 6.81. The Kier molecular flexibility index (Phi) is 4.56. The van der Waals surface area contributed by atoms with E-state index in [1.807, 2.05) is 31.2 Å². The molecular weight excluding hydrogens is 240 g/mol.